The van der Waals surface area contributed by atoms with Gasteiger partial charge in [-0.05, 0) is 69.0 Å². The molecule has 0 radical (unpaired) electrons. The first-order valence-corrected chi connectivity index (χ1v) is 12.4. The monoisotopic (exact) mass is 490 g/mol. The number of anilines is 5. The molecule has 36 heavy (non-hydrogen) atoms. The number of hydrogen-bond acceptors (Lipinski definition) is 7. The zero-order valence-electron chi connectivity index (χ0n) is 20.6. The van der Waals surface area contributed by atoms with Crippen LogP contribution in [0.1, 0.15) is 41.7 Å². The zero-order chi connectivity index (χ0) is 25.1. The second-order valence-electron chi connectivity index (χ2n) is 9.31. The van der Waals surface area contributed by atoms with E-state index in [-0.39, 0.29) is 18.0 Å². The molecule has 2 saturated heterocycles. The van der Waals surface area contributed by atoms with E-state index in [4.69, 9.17) is 4.74 Å². The molecule has 1 aromatic carbocycles. The fraction of sp³-hybridized carbons (Fsp3) is 0.370. The highest BCUT2D eigenvalue weighted by Crippen LogP contribution is 2.28. The Balaban J connectivity index is 1.28. The SMILES string of the molecule is Cc1ncc(Nc2cc(F)cc(N3CCCC3)c2)cc1C(=O)Nc1ccc(N(C)C2CCCO2)nc1. The number of nitrogens with one attached hydrogen (secondary N) is 2. The van der Waals surface area contributed by atoms with Gasteiger partial charge < -0.3 is 25.2 Å². The van der Waals surface area contributed by atoms with Crippen molar-refractivity contribution in [2.75, 3.05) is 47.2 Å². The number of aryl methyl sites for hydroxylation is 1. The van der Waals surface area contributed by atoms with E-state index in [9.17, 15) is 9.18 Å². The number of rotatable bonds is 7. The van der Waals surface area contributed by atoms with Crippen molar-refractivity contribution < 1.29 is 13.9 Å². The molecule has 1 unspecified atom stereocenters. The highest BCUT2D eigenvalue weighted by atomic mass is 19.1. The summed E-state index contributed by atoms with van der Waals surface area (Å²) >= 11 is 0. The second kappa shape index (κ2) is 10.5. The summed E-state index contributed by atoms with van der Waals surface area (Å²) in [6, 6.07) is 10.3. The summed E-state index contributed by atoms with van der Waals surface area (Å²) in [5.74, 6) is 0.191. The average molecular weight is 491 g/mol. The van der Waals surface area contributed by atoms with E-state index in [1.165, 1.54) is 6.07 Å². The first kappa shape index (κ1) is 24.0. The number of halogens is 1. The van der Waals surface area contributed by atoms with Gasteiger partial charge in [-0.3, -0.25) is 9.78 Å². The maximum absolute atomic E-state index is 14.3. The van der Waals surface area contributed by atoms with Crippen molar-refractivity contribution in [1.82, 2.24) is 9.97 Å². The molecule has 2 aliphatic rings. The minimum Gasteiger partial charge on any atom is -0.371 e. The van der Waals surface area contributed by atoms with Crippen molar-refractivity contribution in [2.45, 2.75) is 38.8 Å². The van der Waals surface area contributed by atoms with Crippen LogP contribution in [0.25, 0.3) is 0 Å². The molecular weight excluding hydrogens is 459 g/mol. The molecule has 0 saturated carbocycles. The van der Waals surface area contributed by atoms with Crippen molar-refractivity contribution in [1.29, 1.82) is 0 Å². The van der Waals surface area contributed by atoms with Crippen LogP contribution >= 0.6 is 0 Å². The molecule has 2 fully saturated rings. The van der Waals surface area contributed by atoms with E-state index in [1.54, 1.807) is 31.5 Å². The first-order chi connectivity index (χ1) is 17.5. The summed E-state index contributed by atoms with van der Waals surface area (Å²) < 4.78 is 20.0. The first-order valence-electron chi connectivity index (χ1n) is 12.4. The molecule has 2 aliphatic heterocycles. The normalized spacial score (nSPS) is 17.3. The molecule has 2 aromatic heterocycles. The maximum Gasteiger partial charge on any atom is 0.257 e. The van der Waals surface area contributed by atoms with Gasteiger partial charge in [-0.15, -0.1) is 0 Å². The van der Waals surface area contributed by atoms with Crippen LogP contribution in [0.15, 0.2) is 48.8 Å². The number of amides is 1. The van der Waals surface area contributed by atoms with Gasteiger partial charge in [0.05, 0.1) is 35.0 Å². The molecule has 0 aliphatic carbocycles. The van der Waals surface area contributed by atoms with Gasteiger partial charge in [0.15, 0.2) is 0 Å². The van der Waals surface area contributed by atoms with Crippen molar-refractivity contribution in [3.05, 3.63) is 65.9 Å². The van der Waals surface area contributed by atoms with E-state index in [2.05, 4.69) is 25.5 Å². The Morgan fingerprint density at radius 3 is 2.58 bits per heavy atom. The van der Waals surface area contributed by atoms with Crippen molar-refractivity contribution in [2.24, 2.45) is 0 Å². The summed E-state index contributed by atoms with van der Waals surface area (Å²) in [7, 11) is 1.96. The van der Waals surface area contributed by atoms with E-state index < -0.39 is 0 Å². The van der Waals surface area contributed by atoms with Crippen LogP contribution in [-0.2, 0) is 4.74 Å². The number of carbonyl (C=O) groups is 1. The molecule has 1 atom stereocenters. The number of hydrogen-bond donors (Lipinski definition) is 2. The fourth-order valence-corrected chi connectivity index (χ4v) is 4.68. The third-order valence-corrected chi connectivity index (χ3v) is 6.68. The van der Waals surface area contributed by atoms with Gasteiger partial charge in [-0.2, -0.15) is 0 Å². The van der Waals surface area contributed by atoms with Gasteiger partial charge in [0.1, 0.15) is 17.9 Å². The topological polar surface area (TPSA) is 82.6 Å². The van der Waals surface area contributed by atoms with Crippen LogP contribution in [0, 0.1) is 12.7 Å². The predicted octanol–water partition coefficient (Wildman–Crippen LogP) is 5.09. The largest absolute Gasteiger partial charge is 0.371 e. The molecule has 4 heterocycles. The lowest BCUT2D eigenvalue weighted by Crippen LogP contribution is -2.31. The Bertz CT molecular complexity index is 1220. The molecule has 188 valence electrons. The maximum atomic E-state index is 14.3. The standard InChI is InChI=1S/C27H31FN6O2/c1-18-24(27(35)32-20-7-8-25(30-16-20)33(2)26-6-5-11-36-26)15-22(17-29-18)31-21-12-19(28)13-23(14-21)34-9-3-4-10-34/h7-8,12-17,26,31H,3-6,9-11H2,1-2H3,(H,32,35). The summed E-state index contributed by atoms with van der Waals surface area (Å²) in [6.45, 7) is 4.41. The van der Waals surface area contributed by atoms with Crippen molar-refractivity contribution >= 4 is 34.5 Å². The van der Waals surface area contributed by atoms with E-state index in [0.29, 0.717) is 28.3 Å². The second-order valence-corrected chi connectivity index (χ2v) is 9.31. The van der Waals surface area contributed by atoms with Gasteiger partial charge in [-0.1, -0.05) is 0 Å². The van der Waals surface area contributed by atoms with Crippen LogP contribution in [0.2, 0.25) is 0 Å². The van der Waals surface area contributed by atoms with Gasteiger partial charge >= 0.3 is 0 Å². The van der Waals surface area contributed by atoms with Gasteiger partial charge in [-0.25, -0.2) is 9.37 Å². The minimum atomic E-state index is -0.305. The molecule has 2 N–H and O–H groups in total. The molecule has 1 amide bonds. The highest BCUT2D eigenvalue weighted by Gasteiger charge is 2.21. The lowest BCUT2D eigenvalue weighted by Gasteiger charge is -2.24. The number of benzene rings is 1. The Morgan fingerprint density at radius 2 is 1.86 bits per heavy atom. The van der Waals surface area contributed by atoms with E-state index in [1.807, 2.05) is 30.1 Å². The molecular formula is C27H31FN6O2. The fourth-order valence-electron chi connectivity index (χ4n) is 4.68. The van der Waals surface area contributed by atoms with Gasteiger partial charge in [0, 0.05) is 38.1 Å². The molecule has 8 nitrogen and oxygen atoms in total. The molecule has 3 aromatic rings. The van der Waals surface area contributed by atoms with E-state index in [0.717, 1.165) is 56.9 Å². The molecule has 5 rings (SSSR count). The van der Waals surface area contributed by atoms with Crippen LogP contribution < -0.4 is 20.4 Å². The predicted molar refractivity (Wildman–Crippen MR) is 140 cm³/mol. The van der Waals surface area contributed by atoms with Crippen molar-refractivity contribution in [3.63, 3.8) is 0 Å². The van der Waals surface area contributed by atoms with Crippen LogP contribution in [0.4, 0.5) is 33.0 Å². The zero-order valence-corrected chi connectivity index (χ0v) is 20.6. The van der Waals surface area contributed by atoms with Crippen LogP contribution in [-0.4, -0.2) is 48.8 Å². The van der Waals surface area contributed by atoms with Crippen LogP contribution in [0.5, 0.6) is 0 Å². The quantitative estimate of drug-likeness (QED) is 0.477. The molecule has 9 heteroatoms. The average Bonchev–Trinajstić information content (AvgIpc) is 3.60. The van der Waals surface area contributed by atoms with Crippen molar-refractivity contribution in [3.8, 4) is 0 Å². The summed E-state index contributed by atoms with van der Waals surface area (Å²) in [5, 5.41) is 6.10. The molecule has 0 bridgehead atoms. The number of nitrogens with zero attached hydrogens (tertiary/aromatic N) is 4. The smallest absolute Gasteiger partial charge is 0.257 e. The molecule has 0 spiro atoms. The van der Waals surface area contributed by atoms with Gasteiger partial charge in [0.25, 0.3) is 5.91 Å². The Labute approximate surface area is 210 Å². The summed E-state index contributed by atoms with van der Waals surface area (Å²) in [5.41, 5.74) is 3.69. The summed E-state index contributed by atoms with van der Waals surface area (Å²) in [4.78, 5) is 26.1. The minimum absolute atomic E-state index is 0.0337. The Morgan fingerprint density at radius 1 is 1.06 bits per heavy atom. The third-order valence-electron chi connectivity index (χ3n) is 6.68. The number of aromatic nitrogens is 2. The third kappa shape index (κ3) is 5.41. The summed E-state index contributed by atoms with van der Waals surface area (Å²) in [6.07, 6.45) is 7.56. The van der Waals surface area contributed by atoms with Crippen LogP contribution in [0.3, 0.4) is 0 Å². The van der Waals surface area contributed by atoms with Gasteiger partial charge in [0.2, 0.25) is 0 Å². The highest BCUT2D eigenvalue weighted by molar-refractivity contribution is 6.05. The lowest BCUT2D eigenvalue weighted by atomic mass is 10.1. The Kier molecular flexibility index (Phi) is 6.99. The lowest BCUT2D eigenvalue weighted by molar-refractivity contribution is 0.102. The number of pyridine rings is 2. The number of carbonyl (C=O) groups excluding carboxylic acids is 1. The van der Waals surface area contributed by atoms with E-state index >= 15 is 0 Å². The Hall–Kier alpha value is -3.72. The number of ether oxygens (including phenoxy) is 1.